The maximum Gasteiger partial charge on any atom is 0.323 e. The largest absolute Gasteiger partial charge is 0.456 e. The van der Waals surface area contributed by atoms with Gasteiger partial charge in [-0.2, -0.15) is 0 Å². The third-order valence-electron chi connectivity index (χ3n) is 5.98. The van der Waals surface area contributed by atoms with Gasteiger partial charge in [-0.3, -0.25) is 9.59 Å². The van der Waals surface area contributed by atoms with Crippen molar-refractivity contribution in [2.45, 2.75) is 25.7 Å². The van der Waals surface area contributed by atoms with E-state index in [1.807, 2.05) is 0 Å². The topological polar surface area (TPSA) is 101 Å². The molecule has 5 rings (SSSR count). The van der Waals surface area contributed by atoms with E-state index < -0.39 is 11.8 Å². The number of nitrogens with one attached hydrogen (secondary N) is 2. The number of amides is 4. The summed E-state index contributed by atoms with van der Waals surface area (Å²) in [6.07, 6.45) is 10.2. The van der Waals surface area contributed by atoms with Gasteiger partial charge in [0.2, 0.25) is 11.8 Å². The maximum absolute atomic E-state index is 13.0. The van der Waals surface area contributed by atoms with E-state index in [1.54, 1.807) is 30.3 Å². The molecule has 2 aliphatic rings. The summed E-state index contributed by atoms with van der Waals surface area (Å²) < 4.78 is 19.0. The number of benzene rings is 2. The molecule has 0 bridgehead atoms. The van der Waals surface area contributed by atoms with Crippen LogP contribution in [0.3, 0.4) is 0 Å². The van der Waals surface area contributed by atoms with Crippen molar-refractivity contribution >= 4 is 35.0 Å². The number of carbonyl (C=O) groups is 3. The lowest BCUT2D eigenvalue weighted by Gasteiger charge is -2.22. The zero-order chi connectivity index (χ0) is 25.9. The number of terminal acetylenes is 1. The van der Waals surface area contributed by atoms with Crippen molar-refractivity contribution in [2.24, 2.45) is 11.8 Å². The first-order chi connectivity index (χ1) is 17.9. The molecule has 2 aromatic carbocycles. The summed E-state index contributed by atoms with van der Waals surface area (Å²) in [5, 5.41) is 5.29. The van der Waals surface area contributed by atoms with Crippen molar-refractivity contribution < 1.29 is 23.5 Å². The minimum absolute atomic E-state index is 0.115. The van der Waals surface area contributed by atoms with Crippen molar-refractivity contribution in [3.63, 3.8) is 0 Å². The summed E-state index contributed by atoms with van der Waals surface area (Å²) in [7, 11) is 0. The van der Waals surface area contributed by atoms with Gasteiger partial charge in [-0.1, -0.05) is 5.92 Å². The molecule has 0 saturated heterocycles. The van der Waals surface area contributed by atoms with E-state index in [9.17, 15) is 18.8 Å². The van der Waals surface area contributed by atoms with Crippen LogP contribution in [0.25, 0.3) is 0 Å². The van der Waals surface area contributed by atoms with E-state index in [0.717, 1.165) is 30.6 Å². The molecule has 37 heavy (non-hydrogen) atoms. The number of carbonyl (C=O) groups excluding carboxylic acids is 3. The van der Waals surface area contributed by atoms with E-state index in [2.05, 4.69) is 21.5 Å². The molecule has 2 N–H and O–H groups in total. The molecular formula is C28H23FN4O4. The Morgan fingerprint density at radius 2 is 1.43 bits per heavy atom. The van der Waals surface area contributed by atoms with E-state index in [-0.39, 0.29) is 40.8 Å². The zero-order valence-corrected chi connectivity index (χ0v) is 19.7. The van der Waals surface area contributed by atoms with Crippen molar-refractivity contribution in [2.75, 3.05) is 15.5 Å². The van der Waals surface area contributed by atoms with Crippen molar-refractivity contribution in [1.29, 1.82) is 0 Å². The molecule has 8 nitrogen and oxygen atoms in total. The van der Waals surface area contributed by atoms with Crippen LogP contribution >= 0.6 is 0 Å². The Hall–Kier alpha value is -4.71. The molecule has 1 heterocycles. The van der Waals surface area contributed by atoms with E-state index in [4.69, 9.17) is 11.2 Å². The molecule has 0 spiro atoms. The van der Waals surface area contributed by atoms with Crippen LogP contribution in [0, 0.1) is 30.0 Å². The second kappa shape index (κ2) is 10.1. The third kappa shape index (κ3) is 5.59. The Labute approximate surface area is 212 Å². The number of rotatable bonds is 7. The fraction of sp³-hybridized carbons (Fsp3) is 0.214. The molecule has 186 valence electrons. The average Bonchev–Trinajstić information content (AvgIpc) is 3.80. The Kier molecular flexibility index (Phi) is 6.56. The second-order valence-electron chi connectivity index (χ2n) is 8.92. The minimum Gasteiger partial charge on any atom is -0.456 e. The van der Waals surface area contributed by atoms with E-state index in [0.29, 0.717) is 17.1 Å². The summed E-state index contributed by atoms with van der Waals surface area (Å²) in [5.41, 5.74) is 1.16. The molecule has 0 unspecified atom stereocenters. The Bertz CT molecular complexity index is 1370. The van der Waals surface area contributed by atoms with Crippen LogP contribution < -0.4 is 20.3 Å². The van der Waals surface area contributed by atoms with E-state index in [1.165, 1.54) is 30.5 Å². The fourth-order valence-electron chi connectivity index (χ4n) is 3.73. The molecule has 9 heteroatoms. The van der Waals surface area contributed by atoms with Gasteiger partial charge in [0.05, 0.1) is 0 Å². The first-order valence-electron chi connectivity index (χ1n) is 11.9. The molecule has 1 aromatic heterocycles. The molecule has 4 amide bonds. The third-order valence-corrected chi connectivity index (χ3v) is 5.98. The number of aromatic nitrogens is 1. The van der Waals surface area contributed by atoms with Crippen molar-refractivity contribution in [3.05, 3.63) is 72.2 Å². The highest BCUT2D eigenvalue weighted by Crippen LogP contribution is 2.39. The Morgan fingerprint density at radius 3 is 1.95 bits per heavy atom. The van der Waals surface area contributed by atoms with Gasteiger partial charge >= 0.3 is 6.03 Å². The number of imide groups is 1. The second-order valence-corrected chi connectivity index (χ2v) is 8.92. The molecule has 2 saturated carbocycles. The highest BCUT2D eigenvalue weighted by atomic mass is 19.1. The normalized spacial score (nSPS) is 14.3. The molecular weight excluding hydrogens is 475 g/mol. The van der Waals surface area contributed by atoms with Gasteiger partial charge in [0.25, 0.3) is 0 Å². The lowest BCUT2D eigenvalue weighted by atomic mass is 10.2. The first-order valence-corrected chi connectivity index (χ1v) is 11.9. The van der Waals surface area contributed by atoms with Crippen LogP contribution in [-0.4, -0.2) is 22.8 Å². The highest BCUT2D eigenvalue weighted by Gasteiger charge is 2.43. The van der Waals surface area contributed by atoms with Gasteiger partial charge in [-0.05, 0) is 74.2 Å². The van der Waals surface area contributed by atoms with Gasteiger partial charge in [-0.15, -0.1) is 6.42 Å². The van der Waals surface area contributed by atoms with E-state index >= 15 is 0 Å². The SMILES string of the molecule is C#Cc1c(Oc2ccc(NC(=O)Nc3ccc(F)cc3)cc2)ccnc1N(C(=O)C1CC1)C(=O)C1CC1. The number of hydrogen-bond acceptors (Lipinski definition) is 5. The predicted molar refractivity (Wildman–Crippen MR) is 136 cm³/mol. The van der Waals surface area contributed by atoms with Gasteiger partial charge in [0.1, 0.15) is 22.9 Å². The van der Waals surface area contributed by atoms with Crippen LogP contribution in [0.15, 0.2) is 60.8 Å². The molecule has 0 aliphatic heterocycles. The van der Waals surface area contributed by atoms with Gasteiger partial charge in [0, 0.05) is 35.5 Å². The molecule has 0 radical (unpaired) electrons. The van der Waals surface area contributed by atoms with Crippen LogP contribution in [0.2, 0.25) is 0 Å². The lowest BCUT2D eigenvalue weighted by Crippen LogP contribution is -2.40. The standard InChI is InChI=1S/C28H23FN4O4/c1-2-23-24(15-16-30-25(23)33(26(34)17-3-4-17)27(35)18-5-6-18)37-22-13-11-21(12-14-22)32-28(36)31-20-9-7-19(29)8-10-20/h1,7-18H,3-6H2,(H2,31,32,36). The van der Waals surface area contributed by atoms with Crippen LogP contribution in [0.4, 0.5) is 26.4 Å². The summed E-state index contributed by atoms with van der Waals surface area (Å²) in [5.74, 6) is 2.05. The molecule has 0 atom stereocenters. The number of pyridine rings is 1. The number of hydrogen-bond donors (Lipinski definition) is 2. The Balaban J connectivity index is 1.31. The van der Waals surface area contributed by atoms with Crippen molar-refractivity contribution in [3.8, 4) is 23.8 Å². The summed E-state index contributed by atoms with van der Waals surface area (Å²) in [4.78, 5) is 43.6. The number of ether oxygens (including phenoxy) is 1. The number of nitrogens with zero attached hydrogens (tertiary/aromatic N) is 2. The average molecular weight is 499 g/mol. The fourth-order valence-corrected chi connectivity index (χ4v) is 3.73. The molecule has 2 fully saturated rings. The van der Waals surface area contributed by atoms with Crippen LogP contribution in [-0.2, 0) is 9.59 Å². The summed E-state index contributed by atoms with van der Waals surface area (Å²) >= 11 is 0. The maximum atomic E-state index is 13.0. The van der Waals surface area contributed by atoms with Crippen molar-refractivity contribution in [1.82, 2.24) is 4.98 Å². The summed E-state index contributed by atoms with van der Waals surface area (Å²) in [6, 6.07) is 13.0. The highest BCUT2D eigenvalue weighted by molar-refractivity contribution is 6.17. The monoisotopic (exact) mass is 498 g/mol. The minimum atomic E-state index is -0.491. The number of anilines is 3. The zero-order valence-electron chi connectivity index (χ0n) is 19.7. The van der Waals surface area contributed by atoms with Gasteiger partial charge in [-0.25, -0.2) is 19.1 Å². The van der Waals surface area contributed by atoms with Crippen LogP contribution in [0.5, 0.6) is 11.5 Å². The van der Waals surface area contributed by atoms with Gasteiger partial charge in [0.15, 0.2) is 5.82 Å². The predicted octanol–water partition coefficient (Wildman–Crippen LogP) is 5.32. The Morgan fingerprint density at radius 1 is 0.892 bits per heavy atom. The summed E-state index contributed by atoms with van der Waals surface area (Å²) in [6.45, 7) is 0. The quantitative estimate of drug-likeness (QED) is 0.339. The first kappa shape index (κ1) is 24.0. The smallest absolute Gasteiger partial charge is 0.323 e. The lowest BCUT2D eigenvalue weighted by molar-refractivity contribution is -0.127. The molecule has 2 aliphatic carbocycles. The van der Waals surface area contributed by atoms with Gasteiger partial charge < -0.3 is 15.4 Å². The van der Waals surface area contributed by atoms with Crippen LogP contribution in [0.1, 0.15) is 31.2 Å². The molecule has 3 aromatic rings. The number of urea groups is 1. The number of halogens is 1.